The molecule has 1 N–H and O–H groups in total. The highest BCUT2D eigenvalue weighted by Gasteiger charge is 2.17. The number of esters is 1. The summed E-state index contributed by atoms with van der Waals surface area (Å²) in [6, 6.07) is 2.02. The number of methoxy groups -OCH3 is 1. The minimum absolute atomic E-state index is 0.168. The molecule has 4 nitrogen and oxygen atoms in total. The average Bonchev–Trinajstić information content (AvgIpc) is 2.92. The van der Waals surface area contributed by atoms with Gasteiger partial charge in [0.05, 0.1) is 13.7 Å². The minimum atomic E-state index is -0.468. The summed E-state index contributed by atoms with van der Waals surface area (Å²) in [7, 11) is 1.31. The van der Waals surface area contributed by atoms with Crippen LogP contribution in [-0.4, -0.2) is 18.1 Å². The molecule has 2 heterocycles. The first kappa shape index (κ1) is 13.8. The average molecular weight is 368 g/mol. The van der Waals surface area contributed by atoms with Gasteiger partial charge in [-0.15, -0.1) is 11.3 Å². The molecule has 0 bridgehead atoms. The lowest BCUT2D eigenvalue weighted by Crippen LogP contribution is -1.98. The topological polar surface area (TPSA) is 51.2 Å². The lowest BCUT2D eigenvalue weighted by molar-refractivity contribution is 0.0606. The number of nitrogens with zero attached hydrogens (tertiary/aromatic N) is 1. The molecule has 0 aliphatic carbocycles. The summed E-state index contributed by atoms with van der Waals surface area (Å²) in [5, 5.41) is 5.89. The summed E-state index contributed by atoms with van der Waals surface area (Å²) in [4.78, 5) is 16.9. The molecule has 0 fully saturated rings. The maximum atomic E-state index is 11.4. The summed E-state index contributed by atoms with van der Waals surface area (Å²) < 4.78 is 5.66. The fraction of sp³-hybridized carbons (Fsp3) is 0.200. The van der Waals surface area contributed by atoms with Gasteiger partial charge in [0.1, 0.15) is 0 Å². The number of hydrogen-bond donors (Lipinski definition) is 1. The third-order valence-electron chi connectivity index (χ3n) is 1.99. The highest BCUT2D eigenvalue weighted by atomic mass is 79.9. The van der Waals surface area contributed by atoms with Gasteiger partial charge in [0.2, 0.25) is 0 Å². The molecule has 2 rings (SSSR count). The fourth-order valence-electron chi connectivity index (χ4n) is 1.20. The maximum Gasteiger partial charge on any atom is 0.351 e. The Hall–Kier alpha value is -0.630. The summed E-state index contributed by atoms with van der Waals surface area (Å²) in [6.45, 7) is 0.640. The third kappa shape index (κ3) is 3.23. The van der Waals surface area contributed by atoms with Gasteiger partial charge in [0.25, 0.3) is 0 Å². The van der Waals surface area contributed by atoms with Gasteiger partial charge in [0.15, 0.2) is 15.2 Å². The molecule has 0 saturated heterocycles. The fourth-order valence-corrected chi connectivity index (χ4v) is 3.69. The minimum Gasteiger partial charge on any atom is -0.465 e. The SMILES string of the molecule is COC(=O)c1sc(NCc2cc(Br)cs2)nc1Cl. The Labute approximate surface area is 125 Å². The molecule has 2 aromatic heterocycles. The van der Waals surface area contributed by atoms with Crippen LogP contribution in [-0.2, 0) is 11.3 Å². The van der Waals surface area contributed by atoms with Crippen LogP contribution in [0.15, 0.2) is 15.9 Å². The molecule has 0 radical (unpaired) electrons. The van der Waals surface area contributed by atoms with E-state index in [2.05, 4.69) is 31.0 Å². The number of hydrogen-bond acceptors (Lipinski definition) is 6. The molecule has 0 aliphatic heterocycles. The Morgan fingerprint density at radius 1 is 1.67 bits per heavy atom. The van der Waals surface area contributed by atoms with Gasteiger partial charge in [-0.25, -0.2) is 9.78 Å². The van der Waals surface area contributed by atoms with Crippen molar-refractivity contribution in [1.29, 1.82) is 0 Å². The predicted octanol–water partition coefficient (Wildman–Crippen LogP) is 4.02. The maximum absolute atomic E-state index is 11.4. The number of anilines is 1. The number of carbonyl (C=O) groups is 1. The lowest BCUT2D eigenvalue weighted by Gasteiger charge is -1.98. The molecule has 18 heavy (non-hydrogen) atoms. The molecule has 0 unspecified atom stereocenters. The van der Waals surface area contributed by atoms with E-state index >= 15 is 0 Å². The Balaban J connectivity index is 2.04. The number of carbonyl (C=O) groups excluding carboxylic acids is 1. The van der Waals surface area contributed by atoms with Gasteiger partial charge in [0, 0.05) is 14.7 Å². The van der Waals surface area contributed by atoms with Crippen molar-refractivity contribution in [3.8, 4) is 0 Å². The van der Waals surface area contributed by atoms with Crippen molar-refractivity contribution in [1.82, 2.24) is 4.98 Å². The summed E-state index contributed by atoms with van der Waals surface area (Å²) >= 11 is 12.1. The van der Waals surface area contributed by atoms with Crippen LogP contribution in [0.2, 0.25) is 5.15 Å². The Kier molecular flexibility index (Phi) is 4.60. The van der Waals surface area contributed by atoms with Crippen LogP contribution in [0.5, 0.6) is 0 Å². The zero-order valence-electron chi connectivity index (χ0n) is 9.20. The van der Waals surface area contributed by atoms with E-state index in [1.807, 2.05) is 11.4 Å². The van der Waals surface area contributed by atoms with Crippen LogP contribution in [0.3, 0.4) is 0 Å². The van der Waals surface area contributed by atoms with E-state index in [4.69, 9.17) is 11.6 Å². The van der Waals surface area contributed by atoms with E-state index in [-0.39, 0.29) is 5.15 Å². The molecule has 0 aliphatic rings. The van der Waals surface area contributed by atoms with Crippen molar-refractivity contribution >= 4 is 61.3 Å². The smallest absolute Gasteiger partial charge is 0.351 e. The zero-order valence-corrected chi connectivity index (χ0v) is 13.2. The number of thiazole rings is 1. The van der Waals surface area contributed by atoms with Crippen LogP contribution in [0, 0.1) is 0 Å². The Morgan fingerprint density at radius 3 is 3.06 bits per heavy atom. The third-order valence-corrected chi connectivity index (χ3v) is 5.07. The number of aromatic nitrogens is 1. The van der Waals surface area contributed by atoms with Crippen molar-refractivity contribution in [3.05, 3.63) is 30.8 Å². The van der Waals surface area contributed by atoms with Crippen molar-refractivity contribution in [3.63, 3.8) is 0 Å². The van der Waals surface area contributed by atoms with Gasteiger partial charge in [-0.1, -0.05) is 22.9 Å². The zero-order chi connectivity index (χ0) is 13.1. The van der Waals surface area contributed by atoms with Gasteiger partial charge in [-0.2, -0.15) is 0 Å². The number of halogens is 2. The molecule has 2 aromatic rings. The molecule has 0 atom stereocenters. The van der Waals surface area contributed by atoms with Gasteiger partial charge >= 0.3 is 5.97 Å². The number of thiophene rings is 1. The van der Waals surface area contributed by atoms with Crippen LogP contribution in [0.1, 0.15) is 14.5 Å². The Morgan fingerprint density at radius 2 is 2.44 bits per heavy atom. The van der Waals surface area contributed by atoms with E-state index in [0.717, 1.165) is 9.35 Å². The van der Waals surface area contributed by atoms with Gasteiger partial charge in [-0.05, 0) is 22.0 Å². The molecule has 8 heteroatoms. The molecule has 0 spiro atoms. The van der Waals surface area contributed by atoms with E-state index in [1.54, 1.807) is 11.3 Å². The second kappa shape index (κ2) is 6.01. The molecule has 0 saturated carbocycles. The lowest BCUT2D eigenvalue weighted by atomic mass is 10.5. The van der Waals surface area contributed by atoms with Crippen molar-refractivity contribution in [2.45, 2.75) is 6.54 Å². The standard InChI is InChI=1S/C10H8BrClN2O2S2/c1-16-9(15)7-8(12)14-10(18-7)13-3-6-2-5(11)4-17-6/h2,4H,3H2,1H3,(H,13,14). The summed E-state index contributed by atoms with van der Waals surface area (Å²) in [5.74, 6) is -0.468. The first-order valence-corrected chi connectivity index (χ1v) is 7.68. The second-order valence-electron chi connectivity index (χ2n) is 3.22. The van der Waals surface area contributed by atoms with E-state index < -0.39 is 5.97 Å². The number of rotatable bonds is 4. The predicted molar refractivity (Wildman–Crippen MR) is 77.8 cm³/mol. The normalized spacial score (nSPS) is 10.4. The summed E-state index contributed by atoms with van der Waals surface area (Å²) in [6.07, 6.45) is 0. The highest BCUT2D eigenvalue weighted by Crippen LogP contribution is 2.28. The van der Waals surface area contributed by atoms with Crippen molar-refractivity contribution < 1.29 is 9.53 Å². The monoisotopic (exact) mass is 366 g/mol. The Bertz CT molecular complexity index is 570. The van der Waals surface area contributed by atoms with Crippen LogP contribution in [0.4, 0.5) is 5.13 Å². The van der Waals surface area contributed by atoms with E-state index in [9.17, 15) is 4.79 Å². The van der Waals surface area contributed by atoms with Gasteiger partial charge < -0.3 is 10.1 Å². The van der Waals surface area contributed by atoms with Gasteiger partial charge in [-0.3, -0.25) is 0 Å². The highest BCUT2D eigenvalue weighted by molar-refractivity contribution is 9.10. The number of nitrogens with one attached hydrogen (secondary N) is 1. The molecule has 0 aromatic carbocycles. The van der Waals surface area contributed by atoms with E-state index in [1.165, 1.54) is 18.4 Å². The van der Waals surface area contributed by atoms with Crippen molar-refractivity contribution in [2.75, 3.05) is 12.4 Å². The first-order valence-electron chi connectivity index (χ1n) is 4.81. The molecular weight excluding hydrogens is 360 g/mol. The summed E-state index contributed by atoms with van der Waals surface area (Å²) in [5.41, 5.74) is 0. The first-order chi connectivity index (χ1) is 8.60. The van der Waals surface area contributed by atoms with Crippen LogP contribution < -0.4 is 5.32 Å². The number of ether oxygens (including phenoxy) is 1. The quantitative estimate of drug-likeness (QED) is 0.829. The van der Waals surface area contributed by atoms with E-state index in [0.29, 0.717) is 16.6 Å². The second-order valence-corrected chi connectivity index (χ2v) is 6.48. The molecule has 0 amide bonds. The largest absolute Gasteiger partial charge is 0.465 e. The molecular formula is C10H8BrClN2O2S2. The molecule has 96 valence electrons. The van der Waals surface area contributed by atoms with Crippen molar-refractivity contribution in [2.24, 2.45) is 0 Å². The van der Waals surface area contributed by atoms with Crippen LogP contribution >= 0.6 is 50.2 Å². The van der Waals surface area contributed by atoms with Crippen LogP contribution in [0.25, 0.3) is 0 Å².